The van der Waals surface area contributed by atoms with E-state index in [1.54, 1.807) is 12.1 Å². The maximum absolute atomic E-state index is 12.0. The molecule has 9 nitrogen and oxygen atoms in total. The molecule has 0 aliphatic heterocycles. The van der Waals surface area contributed by atoms with Gasteiger partial charge in [-0.05, 0) is 30.5 Å². The number of rotatable bonds is 9. The fourth-order valence-electron chi connectivity index (χ4n) is 3.16. The van der Waals surface area contributed by atoms with Crippen LogP contribution in [-0.4, -0.2) is 52.6 Å². The first kappa shape index (κ1) is 27.4. The fourth-order valence-corrected chi connectivity index (χ4v) is 3.16. The first-order valence-corrected chi connectivity index (χ1v) is 10.4. The molecule has 1 heterocycles. The lowest BCUT2D eigenvalue weighted by Crippen LogP contribution is -2.38. The minimum Gasteiger partial charge on any atom is -0.368 e. The Morgan fingerprint density at radius 1 is 1.22 bits per heavy atom. The van der Waals surface area contributed by atoms with E-state index in [1.165, 1.54) is 5.56 Å². The molecule has 2 aromatic rings. The summed E-state index contributed by atoms with van der Waals surface area (Å²) in [5.41, 5.74) is 8.76. The molecule has 176 valence electrons. The van der Waals surface area contributed by atoms with E-state index in [-0.39, 0.29) is 36.4 Å². The number of guanidine groups is 1. The number of benzene rings is 1. The monoisotopic (exact) mass is 555 g/mol. The highest BCUT2D eigenvalue weighted by Gasteiger charge is 2.15. The Labute approximate surface area is 206 Å². The van der Waals surface area contributed by atoms with Crippen molar-refractivity contribution < 1.29 is 9.59 Å². The summed E-state index contributed by atoms with van der Waals surface area (Å²) in [7, 11) is 3.94. The van der Waals surface area contributed by atoms with Crippen molar-refractivity contribution in [3.05, 3.63) is 52.8 Å². The van der Waals surface area contributed by atoms with Crippen molar-refractivity contribution in [1.82, 2.24) is 25.3 Å². The molecule has 2 amide bonds. The van der Waals surface area contributed by atoms with Crippen molar-refractivity contribution in [2.24, 2.45) is 17.8 Å². The topological polar surface area (TPSA) is 118 Å². The molecule has 0 bridgehead atoms. The number of nitrogens with two attached hydrogens (primary N) is 1. The van der Waals surface area contributed by atoms with Crippen molar-refractivity contribution in [2.75, 3.05) is 20.1 Å². The summed E-state index contributed by atoms with van der Waals surface area (Å²) in [5.74, 6) is 0.234. The largest absolute Gasteiger partial charge is 0.368 e. The predicted octanol–water partition coefficient (Wildman–Crippen LogP) is 1.97. The average Bonchev–Trinajstić information content (AvgIpc) is 3.09. The first-order chi connectivity index (χ1) is 14.7. The molecular weight excluding hydrogens is 521 g/mol. The number of carbonyl (C=O) groups is 2. The molecule has 0 unspecified atom stereocenters. The van der Waals surface area contributed by atoms with Crippen LogP contribution >= 0.6 is 24.0 Å². The minimum absolute atomic E-state index is 0. The SMILES string of the molecule is CCNC(=NCc1ccc(C(=O)NCC(N)=O)cc1)N(C)Cc1cn(C)nc1C(C)C.I. The highest BCUT2D eigenvalue weighted by Crippen LogP contribution is 2.18. The predicted molar refractivity (Wildman–Crippen MR) is 137 cm³/mol. The highest BCUT2D eigenvalue weighted by atomic mass is 127. The molecule has 0 aliphatic carbocycles. The Bertz CT molecular complexity index is 923. The van der Waals surface area contributed by atoms with E-state index in [4.69, 9.17) is 10.7 Å². The number of aryl methyl sites for hydroxylation is 1. The van der Waals surface area contributed by atoms with Crippen LogP contribution in [0.2, 0.25) is 0 Å². The number of amides is 2. The fraction of sp³-hybridized carbons (Fsp3) is 0.455. The summed E-state index contributed by atoms with van der Waals surface area (Å²) < 4.78 is 1.85. The normalized spacial score (nSPS) is 11.1. The Kier molecular flexibility index (Phi) is 11.2. The van der Waals surface area contributed by atoms with Crippen LogP contribution in [0.1, 0.15) is 53.9 Å². The number of primary amides is 1. The number of nitrogens with zero attached hydrogens (tertiary/aromatic N) is 4. The van der Waals surface area contributed by atoms with E-state index in [9.17, 15) is 9.59 Å². The lowest BCUT2D eigenvalue weighted by Gasteiger charge is -2.22. The molecule has 10 heteroatoms. The zero-order valence-corrected chi connectivity index (χ0v) is 21.7. The van der Waals surface area contributed by atoms with E-state index in [1.807, 2.05) is 37.8 Å². The van der Waals surface area contributed by atoms with Crippen LogP contribution in [0.4, 0.5) is 0 Å². The Morgan fingerprint density at radius 2 is 1.88 bits per heavy atom. The zero-order valence-electron chi connectivity index (χ0n) is 19.4. The van der Waals surface area contributed by atoms with Crippen LogP contribution < -0.4 is 16.4 Å². The molecular formula is C22H34IN7O2. The molecule has 0 saturated heterocycles. The van der Waals surface area contributed by atoms with Gasteiger partial charge in [0, 0.05) is 44.5 Å². The minimum atomic E-state index is -0.578. The molecule has 1 aromatic heterocycles. The summed E-state index contributed by atoms with van der Waals surface area (Å²) in [6, 6.07) is 7.12. The Hall–Kier alpha value is -2.63. The van der Waals surface area contributed by atoms with E-state index < -0.39 is 5.91 Å². The number of carbonyl (C=O) groups excluding carboxylic acids is 2. The van der Waals surface area contributed by atoms with Gasteiger partial charge in [0.05, 0.1) is 18.8 Å². The van der Waals surface area contributed by atoms with Gasteiger partial charge in [-0.2, -0.15) is 5.10 Å². The van der Waals surface area contributed by atoms with Crippen molar-refractivity contribution in [1.29, 1.82) is 0 Å². The second-order valence-electron chi connectivity index (χ2n) is 7.74. The van der Waals surface area contributed by atoms with Gasteiger partial charge >= 0.3 is 0 Å². The van der Waals surface area contributed by atoms with E-state index >= 15 is 0 Å². The summed E-state index contributed by atoms with van der Waals surface area (Å²) in [6.07, 6.45) is 2.05. The van der Waals surface area contributed by atoms with Crippen molar-refractivity contribution in [3.63, 3.8) is 0 Å². The van der Waals surface area contributed by atoms with Crippen LogP contribution in [0.15, 0.2) is 35.5 Å². The molecule has 0 fully saturated rings. The van der Waals surface area contributed by atoms with Crippen molar-refractivity contribution in [3.8, 4) is 0 Å². The lowest BCUT2D eigenvalue weighted by atomic mass is 10.1. The summed E-state index contributed by atoms with van der Waals surface area (Å²) in [6.45, 7) is 8.06. The number of aliphatic imine (C=N–C) groups is 1. The van der Waals surface area contributed by atoms with E-state index in [0.29, 0.717) is 24.6 Å². The van der Waals surface area contributed by atoms with Gasteiger partial charge in [-0.3, -0.25) is 14.3 Å². The molecule has 4 N–H and O–H groups in total. The van der Waals surface area contributed by atoms with Gasteiger partial charge in [-0.1, -0.05) is 26.0 Å². The number of hydrogen-bond acceptors (Lipinski definition) is 4. The number of hydrogen-bond donors (Lipinski definition) is 3. The standard InChI is InChI=1S/C22H33N7O2.HI/c1-6-24-22(28(4)13-18-14-29(5)27-20(18)15(2)3)26-11-16-7-9-17(10-8-16)21(31)25-12-19(23)30;/h7-10,14-15H,6,11-13H2,1-5H3,(H2,23,30)(H,24,26)(H,25,31);1H. The third-order valence-electron chi connectivity index (χ3n) is 4.64. The lowest BCUT2D eigenvalue weighted by molar-refractivity contribution is -0.117. The Balaban J connectivity index is 0.00000512. The van der Waals surface area contributed by atoms with E-state index in [0.717, 1.165) is 23.8 Å². The second-order valence-corrected chi connectivity index (χ2v) is 7.74. The van der Waals surface area contributed by atoms with Gasteiger partial charge < -0.3 is 21.3 Å². The maximum atomic E-state index is 12.0. The smallest absolute Gasteiger partial charge is 0.251 e. The van der Waals surface area contributed by atoms with Gasteiger partial charge in [-0.15, -0.1) is 24.0 Å². The van der Waals surface area contributed by atoms with Gasteiger partial charge in [0.2, 0.25) is 5.91 Å². The number of nitrogens with one attached hydrogen (secondary N) is 2. The summed E-state index contributed by atoms with van der Waals surface area (Å²) >= 11 is 0. The van der Waals surface area contributed by atoms with Crippen LogP contribution in [-0.2, 0) is 24.9 Å². The van der Waals surface area contributed by atoms with Gasteiger partial charge in [-0.25, -0.2) is 4.99 Å². The summed E-state index contributed by atoms with van der Waals surface area (Å²) in [4.78, 5) is 29.6. The molecule has 1 aromatic carbocycles. The van der Waals surface area contributed by atoms with Crippen LogP contribution in [0, 0.1) is 0 Å². The third kappa shape index (κ3) is 8.13. The van der Waals surface area contributed by atoms with E-state index in [2.05, 4.69) is 40.7 Å². The van der Waals surface area contributed by atoms with Crippen molar-refractivity contribution >= 4 is 41.8 Å². The van der Waals surface area contributed by atoms with Crippen LogP contribution in [0.3, 0.4) is 0 Å². The zero-order chi connectivity index (χ0) is 23.0. The first-order valence-electron chi connectivity index (χ1n) is 10.4. The second kappa shape index (κ2) is 13.0. The molecule has 2 rings (SSSR count). The Morgan fingerprint density at radius 3 is 2.44 bits per heavy atom. The van der Waals surface area contributed by atoms with Crippen molar-refractivity contribution in [2.45, 2.75) is 39.8 Å². The van der Waals surface area contributed by atoms with Gasteiger partial charge in [0.1, 0.15) is 0 Å². The highest BCUT2D eigenvalue weighted by molar-refractivity contribution is 14.0. The molecule has 0 radical (unpaired) electrons. The van der Waals surface area contributed by atoms with Crippen LogP contribution in [0.5, 0.6) is 0 Å². The van der Waals surface area contributed by atoms with Gasteiger partial charge in [0.15, 0.2) is 5.96 Å². The molecule has 0 saturated carbocycles. The summed E-state index contributed by atoms with van der Waals surface area (Å²) in [5, 5.41) is 10.4. The number of halogens is 1. The molecule has 32 heavy (non-hydrogen) atoms. The molecule has 0 atom stereocenters. The average molecular weight is 555 g/mol. The van der Waals surface area contributed by atoms with Gasteiger partial charge in [0.25, 0.3) is 5.91 Å². The van der Waals surface area contributed by atoms with Crippen LogP contribution in [0.25, 0.3) is 0 Å². The molecule has 0 aliphatic rings. The third-order valence-corrected chi connectivity index (χ3v) is 4.64. The quantitative estimate of drug-likeness (QED) is 0.249. The maximum Gasteiger partial charge on any atom is 0.251 e. The molecule has 0 spiro atoms. The number of aromatic nitrogens is 2.